The Labute approximate surface area is 129 Å². The Hall–Kier alpha value is -2.07. The molecule has 2 aromatic carbocycles. The Morgan fingerprint density at radius 2 is 1.71 bits per heavy atom. The van der Waals surface area contributed by atoms with Crippen LogP contribution in [0.2, 0.25) is 5.02 Å². The highest BCUT2D eigenvalue weighted by atomic mass is 35.5. The molecule has 0 amide bonds. The smallest absolute Gasteiger partial charge is 0.142 e. The van der Waals surface area contributed by atoms with E-state index < -0.39 is 0 Å². The molecule has 2 rings (SSSR count). The molecule has 0 saturated heterocycles. The van der Waals surface area contributed by atoms with E-state index in [9.17, 15) is 0 Å². The van der Waals surface area contributed by atoms with Crippen LogP contribution in [0, 0.1) is 0 Å². The van der Waals surface area contributed by atoms with E-state index >= 15 is 0 Å². The number of nitrogens with two attached hydrogens (primary N) is 1. The van der Waals surface area contributed by atoms with Crippen LogP contribution in [-0.2, 0) is 0 Å². The van der Waals surface area contributed by atoms with Crippen LogP contribution in [0.5, 0.6) is 17.2 Å². The molecule has 5 heteroatoms. The van der Waals surface area contributed by atoms with Gasteiger partial charge in [0, 0.05) is 12.5 Å². The SMILES string of the molecule is COc1ccc(OCCCOc2ccccc2Cl)c(N)c1. The summed E-state index contributed by atoms with van der Waals surface area (Å²) in [5.74, 6) is 2.04. The van der Waals surface area contributed by atoms with Gasteiger partial charge in [-0.3, -0.25) is 0 Å². The summed E-state index contributed by atoms with van der Waals surface area (Å²) in [5.41, 5.74) is 6.43. The minimum absolute atomic E-state index is 0.515. The quantitative estimate of drug-likeness (QED) is 0.625. The van der Waals surface area contributed by atoms with Gasteiger partial charge in [-0.2, -0.15) is 0 Å². The third-order valence-corrected chi connectivity index (χ3v) is 3.17. The van der Waals surface area contributed by atoms with Crippen molar-refractivity contribution in [3.63, 3.8) is 0 Å². The normalized spacial score (nSPS) is 10.2. The van der Waals surface area contributed by atoms with Crippen molar-refractivity contribution in [1.82, 2.24) is 0 Å². The Morgan fingerprint density at radius 1 is 1.00 bits per heavy atom. The molecular weight excluding hydrogens is 290 g/mol. The van der Waals surface area contributed by atoms with Gasteiger partial charge in [-0.15, -0.1) is 0 Å². The average molecular weight is 308 g/mol. The number of nitrogen functional groups attached to an aromatic ring is 1. The number of para-hydroxylation sites is 1. The lowest BCUT2D eigenvalue weighted by Crippen LogP contribution is -2.06. The van der Waals surface area contributed by atoms with Crippen LogP contribution < -0.4 is 19.9 Å². The maximum Gasteiger partial charge on any atom is 0.142 e. The van der Waals surface area contributed by atoms with E-state index in [4.69, 9.17) is 31.5 Å². The zero-order valence-corrected chi connectivity index (χ0v) is 12.6. The molecule has 0 unspecified atom stereocenters. The van der Waals surface area contributed by atoms with Crippen LogP contribution in [0.3, 0.4) is 0 Å². The van der Waals surface area contributed by atoms with E-state index in [0.29, 0.717) is 41.2 Å². The molecule has 0 radical (unpaired) electrons. The van der Waals surface area contributed by atoms with E-state index in [1.54, 1.807) is 25.3 Å². The molecule has 0 heterocycles. The van der Waals surface area contributed by atoms with Crippen molar-refractivity contribution in [3.8, 4) is 17.2 Å². The average Bonchev–Trinajstić information content (AvgIpc) is 2.50. The highest BCUT2D eigenvalue weighted by Gasteiger charge is 2.03. The zero-order chi connectivity index (χ0) is 15.1. The summed E-state index contributed by atoms with van der Waals surface area (Å²) in [6.07, 6.45) is 0.733. The van der Waals surface area contributed by atoms with Gasteiger partial charge in [-0.1, -0.05) is 23.7 Å². The maximum absolute atomic E-state index is 6.00. The van der Waals surface area contributed by atoms with Gasteiger partial charge in [0.2, 0.25) is 0 Å². The van der Waals surface area contributed by atoms with Crippen molar-refractivity contribution in [3.05, 3.63) is 47.5 Å². The Balaban J connectivity index is 1.74. The lowest BCUT2D eigenvalue weighted by atomic mass is 10.3. The molecule has 0 fully saturated rings. The minimum Gasteiger partial charge on any atom is -0.497 e. The predicted molar refractivity (Wildman–Crippen MR) is 84.5 cm³/mol. The Morgan fingerprint density at radius 3 is 2.38 bits per heavy atom. The number of methoxy groups -OCH3 is 1. The van der Waals surface area contributed by atoms with E-state index in [1.165, 1.54) is 0 Å². The molecule has 0 spiro atoms. The van der Waals surface area contributed by atoms with Gasteiger partial charge in [-0.25, -0.2) is 0 Å². The van der Waals surface area contributed by atoms with Crippen molar-refractivity contribution in [2.24, 2.45) is 0 Å². The van der Waals surface area contributed by atoms with Crippen molar-refractivity contribution in [2.45, 2.75) is 6.42 Å². The van der Waals surface area contributed by atoms with Crippen molar-refractivity contribution < 1.29 is 14.2 Å². The maximum atomic E-state index is 6.00. The van der Waals surface area contributed by atoms with Crippen molar-refractivity contribution in [2.75, 3.05) is 26.1 Å². The number of rotatable bonds is 7. The fraction of sp³-hybridized carbons (Fsp3) is 0.250. The molecule has 2 aromatic rings. The van der Waals surface area contributed by atoms with Gasteiger partial charge in [0.05, 0.1) is 31.0 Å². The van der Waals surface area contributed by atoms with Crippen LogP contribution in [0.1, 0.15) is 6.42 Å². The van der Waals surface area contributed by atoms with Crippen LogP contribution in [0.4, 0.5) is 5.69 Å². The number of benzene rings is 2. The van der Waals surface area contributed by atoms with E-state index in [0.717, 1.165) is 6.42 Å². The fourth-order valence-corrected chi connectivity index (χ4v) is 1.96. The van der Waals surface area contributed by atoms with Gasteiger partial charge in [0.1, 0.15) is 17.2 Å². The number of hydrogen-bond donors (Lipinski definition) is 1. The summed E-state index contributed by atoms with van der Waals surface area (Å²) in [5, 5.41) is 0.609. The summed E-state index contributed by atoms with van der Waals surface area (Å²) in [7, 11) is 1.60. The highest BCUT2D eigenvalue weighted by molar-refractivity contribution is 6.32. The first kappa shape index (κ1) is 15.3. The highest BCUT2D eigenvalue weighted by Crippen LogP contribution is 2.26. The summed E-state index contributed by atoms with van der Waals surface area (Å²) < 4.78 is 16.3. The van der Waals surface area contributed by atoms with Gasteiger partial charge in [-0.05, 0) is 24.3 Å². The fourth-order valence-electron chi connectivity index (χ4n) is 1.77. The van der Waals surface area contributed by atoms with Gasteiger partial charge >= 0.3 is 0 Å². The van der Waals surface area contributed by atoms with Gasteiger partial charge in [0.15, 0.2) is 0 Å². The van der Waals surface area contributed by atoms with Gasteiger partial charge < -0.3 is 19.9 Å². The third-order valence-electron chi connectivity index (χ3n) is 2.86. The number of ether oxygens (including phenoxy) is 3. The second kappa shape index (κ2) is 7.64. The molecule has 0 aromatic heterocycles. The van der Waals surface area contributed by atoms with Crippen LogP contribution in [-0.4, -0.2) is 20.3 Å². The summed E-state index contributed by atoms with van der Waals surface area (Å²) in [6.45, 7) is 1.04. The van der Waals surface area contributed by atoms with Crippen molar-refractivity contribution >= 4 is 17.3 Å². The minimum atomic E-state index is 0.515. The largest absolute Gasteiger partial charge is 0.497 e. The molecule has 21 heavy (non-hydrogen) atoms. The van der Waals surface area contributed by atoms with Crippen molar-refractivity contribution in [1.29, 1.82) is 0 Å². The second-order valence-electron chi connectivity index (χ2n) is 4.38. The molecule has 0 aliphatic rings. The standard InChI is InChI=1S/C16H18ClNO3/c1-19-12-7-8-16(14(18)11-12)21-10-4-9-20-15-6-3-2-5-13(15)17/h2-3,5-8,11H,4,9-10,18H2,1H3. The number of hydrogen-bond acceptors (Lipinski definition) is 4. The Bertz CT molecular complexity index is 589. The second-order valence-corrected chi connectivity index (χ2v) is 4.79. The first-order valence-corrected chi connectivity index (χ1v) is 7.02. The molecule has 0 atom stereocenters. The molecule has 0 aliphatic carbocycles. The third kappa shape index (κ3) is 4.46. The predicted octanol–water partition coefficient (Wildman–Crippen LogP) is 3.78. The molecular formula is C16H18ClNO3. The number of halogens is 1. The molecule has 0 aliphatic heterocycles. The lowest BCUT2D eigenvalue weighted by molar-refractivity contribution is 0.248. The Kier molecular flexibility index (Phi) is 5.58. The monoisotopic (exact) mass is 307 g/mol. The summed E-state index contributed by atoms with van der Waals surface area (Å²) in [4.78, 5) is 0. The van der Waals surface area contributed by atoms with E-state index in [1.807, 2.05) is 24.3 Å². The lowest BCUT2D eigenvalue weighted by Gasteiger charge is -2.11. The van der Waals surface area contributed by atoms with Crippen LogP contribution in [0.15, 0.2) is 42.5 Å². The first-order chi connectivity index (χ1) is 10.2. The number of anilines is 1. The van der Waals surface area contributed by atoms with E-state index in [-0.39, 0.29) is 0 Å². The summed E-state index contributed by atoms with van der Waals surface area (Å²) >= 11 is 6.00. The van der Waals surface area contributed by atoms with E-state index in [2.05, 4.69) is 0 Å². The van der Waals surface area contributed by atoms with Crippen LogP contribution >= 0.6 is 11.6 Å². The van der Waals surface area contributed by atoms with Gasteiger partial charge in [0.25, 0.3) is 0 Å². The first-order valence-electron chi connectivity index (χ1n) is 6.64. The van der Waals surface area contributed by atoms with Crippen LogP contribution in [0.25, 0.3) is 0 Å². The summed E-state index contributed by atoms with van der Waals surface area (Å²) in [6, 6.07) is 12.7. The molecule has 4 nitrogen and oxygen atoms in total. The zero-order valence-electron chi connectivity index (χ0n) is 11.8. The molecule has 2 N–H and O–H groups in total. The molecule has 0 bridgehead atoms. The molecule has 0 saturated carbocycles. The molecule has 112 valence electrons. The topological polar surface area (TPSA) is 53.7 Å².